The Kier molecular flexibility index (Phi) is 6.52. The van der Waals surface area contributed by atoms with Crippen LogP contribution in [-0.2, 0) is 20.0 Å². The van der Waals surface area contributed by atoms with E-state index in [4.69, 9.17) is 11.6 Å². The minimum absolute atomic E-state index is 0.237. The summed E-state index contributed by atoms with van der Waals surface area (Å²) in [4.78, 5) is 41.9. The number of carbonyl (C=O) groups excluding carboxylic acids is 3. The van der Waals surface area contributed by atoms with E-state index in [-0.39, 0.29) is 5.91 Å². The van der Waals surface area contributed by atoms with Crippen molar-refractivity contribution < 1.29 is 24.6 Å². The Hall–Kier alpha value is -1.96. The fraction of sp³-hybridized carbons (Fsp3) is 0.690. The molecule has 6 rings (SSSR count). The molecule has 4 saturated carbocycles. The molecule has 8 heteroatoms. The normalized spacial score (nSPS) is 36.8. The highest BCUT2D eigenvalue weighted by Gasteiger charge is 2.61. The maximum atomic E-state index is 13.5. The smallest absolute Gasteiger partial charge is 0.288 e. The maximum Gasteiger partial charge on any atom is 0.288 e. The van der Waals surface area contributed by atoms with Crippen LogP contribution in [0.1, 0.15) is 77.7 Å². The average Bonchev–Trinajstić information content (AvgIpc) is 2.82. The molecule has 1 saturated heterocycles. The number of hydrogen-bond acceptors (Lipinski definition) is 5. The first kappa shape index (κ1) is 26.6. The van der Waals surface area contributed by atoms with Gasteiger partial charge < -0.3 is 20.4 Å². The van der Waals surface area contributed by atoms with Gasteiger partial charge >= 0.3 is 0 Å². The number of halogens is 1. The number of amides is 2. The zero-order valence-electron chi connectivity index (χ0n) is 22.1. The van der Waals surface area contributed by atoms with Gasteiger partial charge in [-0.25, -0.2) is 0 Å². The molecule has 1 aliphatic heterocycles. The van der Waals surface area contributed by atoms with Gasteiger partial charge in [-0.3, -0.25) is 14.4 Å². The predicted molar refractivity (Wildman–Crippen MR) is 140 cm³/mol. The standard InChI is InChI=1S/C29H39ClN2O5/c1-4-22(31-24(34)23(33)27-12-18-11-19(13-27)15-28(36,14-18)16-27)25(35)32-10-9-29(37,26(2,3)17-32)20-5-7-21(30)8-6-20/h5-8,18-19,22,36-37H,4,9-17H2,1-3H3,(H,31,34)/t18?,19?,22-,27?,28?,29+/m1/s1. The summed E-state index contributed by atoms with van der Waals surface area (Å²) in [7, 11) is 0. The fourth-order valence-corrected chi connectivity index (χ4v) is 8.40. The van der Waals surface area contributed by atoms with Crippen LogP contribution in [0.25, 0.3) is 0 Å². The highest BCUT2D eigenvalue weighted by Crippen LogP contribution is 2.62. The molecule has 1 heterocycles. The first-order valence-corrected chi connectivity index (χ1v) is 14.0. The van der Waals surface area contributed by atoms with E-state index in [1.807, 2.05) is 32.9 Å². The van der Waals surface area contributed by atoms with Crippen LogP contribution >= 0.6 is 11.6 Å². The quantitative estimate of drug-likeness (QED) is 0.487. The van der Waals surface area contributed by atoms with Crippen LogP contribution in [-0.4, -0.2) is 57.4 Å². The number of aliphatic hydroxyl groups is 2. The molecule has 5 fully saturated rings. The van der Waals surface area contributed by atoms with Crippen molar-refractivity contribution >= 4 is 29.2 Å². The molecule has 4 aliphatic carbocycles. The lowest BCUT2D eigenvalue weighted by Gasteiger charge is -2.59. The minimum Gasteiger partial charge on any atom is -0.390 e. The molecule has 7 nitrogen and oxygen atoms in total. The van der Waals surface area contributed by atoms with Crippen molar-refractivity contribution in [2.24, 2.45) is 22.7 Å². The highest BCUT2D eigenvalue weighted by molar-refractivity contribution is 6.38. The van der Waals surface area contributed by atoms with E-state index >= 15 is 0 Å². The van der Waals surface area contributed by atoms with Gasteiger partial charge in [0.25, 0.3) is 5.91 Å². The third-order valence-corrected chi connectivity index (χ3v) is 10.1. The lowest BCUT2D eigenvalue weighted by atomic mass is 9.47. The second-order valence-corrected chi connectivity index (χ2v) is 13.4. The van der Waals surface area contributed by atoms with Crippen LogP contribution in [0.5, 0.6) is 0 Å². The van der Waals surface area contributed by atoms with Crippen LogP contribution in [0, 0.1) is 22.7 Å². The Morgan fingerprint density at radius 3 is 2.24 bits per heavy atom. The molecule has 37 heavy (non-hydrogen) atoms. The number of likely N-dealkylation sites (tertiary alicyclic amines) is 1. The molecule has 1 aromatic carbocycles. The number of nitrogens with one attached hydrogen (secondary N) is 1. The molecule has 1 aromatic rings. The molecule has 2 amide bonds. The lowest BCUT2D eigenvalue weighted by Crippen LogP contribution is -2.62. The summed E-state index contributed by atoms with van der Waals surface area (Å²) >= 11 is 6.03. The SMILES string of the molecule is CC[C@@H](NC(=O)C(=O)C12CC3CC(CC(O)(C3)C1)C2)C(=O)N1CC[C@](O)(c2ccc(Cl)cc2)C(C)(C)C1. The van der Waals surface area contributed by atoms with Crippen molar-refractivity contribution in [3.8, 4) is 0 Å². The van der Waals surface area contributed by atoms with Gasteiger partial charge in [0.05, 0.1) is 11.2 Å². The van der Waals surface area contributed by atoms with Gasteiger partial charge in [-0.15, -0.1) is 0 Å². The van der Waals surface area contributed by atoms with Crippen molar-refractivity contribution in [1.29, 1.82) is 0 Å². The summed E-state index contributed by atoms with van der Waals surface area (Å²) in [5.74, 6) is -0.829. The molecule has 4 atom stereocenters. The summed E-state index contributed by atoms with van der Waals surface area (Å²) < 4.78 is 0. The molecule has 3 N–H and O–H groups in total. The molecular formula is C29H39ClN2O5. The molecule has 0 radical (unpaired) electrons. The van der Waals surface area contributed by atoms with Crippen molar-refractivity contribution in [2.75, 3.05) is 13.1 Å². The zero-order valence-corrected chi connectivity index (χ0v) is 22.8. The van der Waals surface area contributed by atoms with E-state index < -0.39 is 39.8 Å². The number of carbonyl (C=O) groups is 3. The molecule has 5 aliphatic rings. The second kappa shape index (κ2) is 9.06. The Bertz CT molecular complexity index is 1090. The average molecular weight is 531 g/mol. The van der Waals surface area contributed by atoms with E-state index in [9.17, 15) is 24.6 Å². The Labute approximate surface area is 223 Å². The van der Waals surface area contributed by atoms with Gasteiger partial charge in [-0.1, -0.05) is 44.5 Å². The molecule has 4 bridgehead atoms. The summed E-state index contributed by atoms with van der Waals surface area (Å²) in [6, 6.07) is 6.34. The first-order valence-electron chi connectivity index (χ1n) is 13.6. The lowest BCUT2D eigenvalue weighted by molar-refractivity contribution is -0.179. The van der Waals surface area contributed by atoms with Crippen molar-refractivity contribution in [3.05, 3.63) is 34.9 Å². The summed E-state index contributed by atoms with van der Waals surface area (Å²) in [5, 5.41) is 26.0. The van der Waals surface area contributed by atoms with E-state index in [1.165, 1.54) is 0 Å². The largest absolute Gasteiger partial charge is 0.390 e. The number of rotatable bonds is 6. The van der Waals surface area contributed by atoms with Crippen LogP contribution in [0.2, 0.25) is 5.02 Å². The van der Waals surface area contributed by atoms with Gasteiger partial charge in [0.15, 0.2) is 0 Å². The van der Waals surface area contributed by atoms with E-state index in [0.717, 1.165) is 24.8 Å². The minimum atomic E-state index is -1.13. The Morgan fingerprint density at radius 1 is 1.08 bits per heavy atom. The monoisotopic (exact) mass is 530 g/mol. The van der Waals surface area contributed by atoms with Gasteiger partial charge in [0.1, 0.15) is 6.04 Å². The van der Waals surface area contributed by atoms with Crippen LogP contribution in [0.4, 0.5) is 0 Å². The topological polar surface area (TPSA) is 107 Å². The molecule has 0 aromatic heterocycles. The Morgan fingerprint density at radius 2 is 1.70 bits per heavy atom. The van der Waals surface area contributed by atoms with E-state index in [1.54, 1.807) is 17.0 Å². The number of piperidine rings is 1. The maximum absolute atomic E-state index is 13.5. The molecule has 2 unspecified atom stereocenters. The van der Waals surface area contributed by atoms with Crippen LogP contribution in [0.15, 0.2) is 24.3 Å². The van der Waals surface area contributed by atoms with Gasteiger partial charge in [0, 0.05) is 28.9 Å². The summed E-state index contributed by atoms with van der Waals surface area (Å²) in [6.45, 7) is 6.33. The number of benzene rings is 1. The number of ketones is 1. The van der Waals surface area contributed by atoms with Gasteiger partial charge in [-0.05, 0) is 80.9 Å². The van der Waals surface area contributed by atoms with Crippen LogP contribution in [0.3, 0.4) is 0 Å². The zero-order chi connectivity index (χ0) is 26.8. The number of hydrogen-bond donors (Lipinski definition) is 3. The summed E-state index contributed by atoms with van der Waals surface area (Å²) in [6.07, 6.45) is 4.86. The second-order valence-electron chi connectivity index (χ2n) is 13.0. The number of nitrogens with zero attached hydrogens (tertiary/aromatic N) is 1. The first-order chi connectivity index (χ1) is 17.3. The van der Waals surface area contributed by atoms with Gasteiger partial charge in [-0.2, -0.15) is 0 Å². The molecule has 202 valence electrons. The van der Waals surface area contributed by atoms with Crippen molar-refractivity contribution in [3.63, 3.8) is 0 Å². The van der Waals surface area contributed by atoms with Crippen molar-refractivity contribution in [2.45, 2.75) is 89.4 Å². The summed E-state index contributed by atoms with van der Waals surface area (Å²) in [5.41, 5.74) is -2.65. The molecular weight excluding hydrogens is 492 g/mol. The highest BCUT2D eigenvalue weighted by atomic mass is 35.5. The predicted octanol–water partition coefficient (Wildman–Crippen LogP) is 3.58. The molecule has 0 spiro atoms. The van der Waals surface area contributed by atoms with Crippen molar-refractivity contribution in [1.82, 2.24) is 10.2 Å². The Balaban J connectivity index is 1.26. The van der Waals surface area contributed by atoms with E-state index in [2.05, 4.69) is 5.32 Å². The third kappa shape index (κ3) is 4.51. The van der Waals surface area contributed by atoms with Gasteiger partial charge in [0.2, 0.25) is 11.7 Å². The number of Topliss-reactive ketones (excluding diaryl/α,β-unsaturated/α-hetero) is 1. The third-order valence-electron chi connectivity index (χ3n) is 9.81. The van der Waals surface area contributed by atoms with E-state index in [0.29, 0.717) is 62.1 Å². The van der Waals surface area contributed by atoms with Crippen LogP contribution < -0.4 is 5.32 Å². The fourth-order valence-electron chi connectivity index (χ4n) is 8.27.